The molecular formula is C14H17N3S2. The van der Waals surface area contributed by atoms with Crippen molar-refractivity contribution in [2.24, 2.45) is 5.73 Å². The zero-order valence-corrected chi connectivity index (χ0v) is 12.9. The summed E-state index contributed by atoms with van der Waals surface area (Å²) in [5.41, 5.74) is 9.76. The molecule has 19 heavy (non-hydrogen) atoms. The van der Waals surface area contributed by atoms with Crippen molar-refractivity contribution in [2.45, 2.75) is 26.7 Å². The Balaban J connectivity index is 2.31. The number of thiazole rings is 1. The van der Waals surface area contributed by atoms with Crippen LogP contribution in [-0.4, -0.2) is 9.97 Å². The van der Waals surface area contributed by atoms with Gasteiger partial charge >= 0.3 is 0 Å². The zero-order valence-electron chi connectivity index (χ0n) is 11.2. The van der Waals surface area contributed by atoms with Gasteiger partial charge in [0.15, 0.2) is 5.13 Å². The number of hydrogen-bond acceptors (Lipinski definition) is 4. The van der Waals surface area contributed by atoms with Gasteiger partial charge in [-0.1, -0.05) is 32.1 Å². The van der Waals surface area contributed by atoms with E-state index in [0.717, 1.165) is 27.6 Å². The van der Waals surface area contributed by atoms with Gasteiger partial charge in [-0.25, -0.2) is 4.98 Å². The fourth-order valence-electron chi connectivity index (χ4n) is 1.70. The molecule has 5 heteroatoms. The molecule has 3 nitrogen and oxygen atoms in total. The molecule has 1 aromatic heterocycles. The van der Waals surface area contributed by atoms with Gasteiger partial charge in [-0.3, -0.25) is 0 Å². The number of thiocarbonyl (C=S) groups is 1. The Bertz CT molecular complexity index is 602. The molecule has 2 rings (SSSR count). The minimum Gasteiger partial charge on any atom is -0.389 e. The van der Waals surface area contributed by atoms with Crippen LogP contribution < -0.4 is 11.1 Å². The van der Waals surface area contributed by atoms with Gasteiger partial charge in [0.2, 0.25) is 0 Å². The molecule has 0 bridgehead atoms. The number of aromatic nitrogens is 1. The Morgan fingerprint density at radius 1 is 1.42 bits per heavy atom. The molecule has 0 amide bonds. The van der Waals surface area contributed by atoms with Gasteiger partial charge in [-0.2, -0.15) is 0 Å². The van der Waals surface area contributed by atoms with E-state index in [1.807, 2.05) is 25.1 Å². The molecule has 2 aromatic rings. The predicted octanol–water partition coefficient (Wildman–Crippen LogP) is 3.95. The van der Waals surface area contributed by atoms with E-state index in [9.17, 15) is 0 Å². The highest BCUT2D eigenvalue weighted by Crippen LogP contribution is 2.27. The van der Waals surface area contributed by atoms with E-state index in [1.54, 1.807) is 11.3 Å². The molecule has 0 saturated carbocycles. The number of hydrogen-bond donors (Lipinski definition) is 2. The van der Waals surface area contributed by atoms with Crippen molar-refractivity contribution in [3.05, 3.63) is 40.4 Å². The van der Waals surface area contributed by atoms with Crippen LogP contribution in [0, 0.1) is 6.92 Å². The minimum absolute atomic E-state index is 0.392. The SMILES string of the molecule is Cc1ccc(C(N)=S)c(Nc2nc(C(C)C)cs2)c1. The van der Waals surface area contributed by atoms with Gasteiger partial charge in [-0.05, 0) is 30.5 Å². The third-order valence-electron chi connectivity index (χ3n) is 2.80. The maximum Gasteiger partial charge on any atom is 0.187 e. The Morgan fingerprint density at radius 3 is 2.74 bits per heavy atom. The van der Waals surface area contributed by atoms with Gasteiger partial charge < -0.3 is 11.1 Å². The van der Waals surface area contributed by atoms with Crippen LogP contribution in [0.4, 0.5) is 10.8 Å². The normalized spacial score (nSPS) is 10.7. The molecule has 0 atom stereocenters. The lowest BCUT2D eigenvalue weighted by Gasteiger charge is -2.10. The van der Waals surface area contributed by atoms with E-state index in [4.69, 9.17) is 18.0 Å². The molecule has 0 radical (unpaired) electrons. The summed E-state index contributed by atoms with van der Waals surface area (Å²) in [6, 6.07) is 5.98. The Kier molecular flexibility index (Phi) is 4.17. The molecule has 1 aromatic carbocycles. The summed E-state index contributed by atoms with van der Waals surface area (Å²) in [5, 5.41) is 6.25. The lowest BCUT2D eigenvalue weighted by molar-refractivity contribution is 0.834. The molecular weight excluding hydrogens is 274 g/mol. The molecule has 0 saturated heterocycles. The average molecular weight is 291 g/mol. The van der Waals surface area contributed by atoms with E-state index in [-0.39, 0.29) is 0 Å². The second-order valence-corrected chi connectivity index (χ2v) is 6.07. The lowest BCUT2D eigenvalue weighted by Crippen LogP contribution is -2.12. The topological polar surface area (TPSA) is 50.9 Å². The Labute approximate surface area is 122 Å². The number of rotatable bonds is 4. The highest BCUT2D eigenvalue weighted by Gasteiger charge is 2.09. The highest BCUT2D eigenvalue weighted by molar-refractivity contribution is 7.80. The number of anilines is 2. The van der Waals surface area contributed by atoms with Crippen LogP contribution in [0.15, 0.2) is 23.6 Å². The van der Waals surface area contributed by atoms with E-state index < -0.39 is 0 Å². The predicted molar refractivity (Wildman–Crippen MR) is 86.6 cm³/mol. The molecule has 0 aliphatic heterocycles. The second-order valence-electron chi connectivity index (χ2n) is 4.77. The first-order valence-corrected chi connectivity index (χ1v) is 7.39. The van der Waals surface area contributed by atoms with E-state index in [0.29, 0.717) is 10.9 Å². The molecule has 0 fully saturated rings. The standard InChI is InChI=1S/C14H17N3S2/c1-8(2)12-7-19-14(17-12)16-11-6-9(3)4-5-10(11)13(15)18/h4-8H,1-3H3,(H2,15,18)(H,16,17). The van der Waals surface area contributed by atoms with Crippen molar-refractivity contribution < 1.29 is 0 Å². The average Bonchev–Trinajstić information content (AvgIpc) is 2.77. The summed E-state index contributed by atoms with van der Waals surface area (Å²) in [7, 11) is 0. The van der Waals surface area contributed by atoms with Gasteiger partial charge in [0.05, 0.1) is 11.4 Å². The third-order valence-corrected chi connectivity index (χ3v) is 3.79. The molecule has 0 spiro atoms. The first-order valence-electron chi connectivity index (χ1n) is 6.10. The van der Waals surface area contributed by atoms with Crippen LogP contribution in [0.25, 0.3) is 0 Å². The molecule has 100 valence electrons. The smallest absolute Gasteiger partial charge is 0.187 e. The summed E-state index contributed by atoms with van der Waals surface area (Å²) in [4.78, 5) is 4.95. The van der Waals surface area contributed by atoms with Crippen LogP contribution in [0.1, 0.15) is 36.6 Å². The van der Waals surface area contributed by atoms with Gasteiger partial charge in [0, 0.05) is 10.9 Å². The van der Waals surface area contributed by atoms with E-state index >= 15 is 0 Å². The second kappa shape index (κ2) is 5.67. The number of nitrogens with two attached hydrogens (primary N) is 1. The maximum absolute atomic E-state index is 5.75. The molecule has 0 aliphatic carbocycles. The third kappa shape index (κ3) is 3.30. The van der Waals surface area contributed by atoms with E-state index in [1.165, 1.54) is 0 Å². The minimum atomic E-state index is 0.392. The van der Waals surface area contributed by atoms with Crippen LogP contribution in [0.2, 0.25) is 0 Å². The fraction of sp³-hybridized carbons (Fsp3) is 0.286. The molecule has 1 heterocycles. The van der Waals surface area contributed by atoms with Crippen molar-refractivity contribution in [1.82, 2.24) is 4.98 Å². The van der Waals surface area contributed by atoms with Crippen LogP contribution >= 0.6 is 23.6 Å². The van der Waals surface area contributed by atoms with Gasteiger partial charge in [-0.15, -0.1) is 11.3 Å². The van der Waals surface area contributed by atoms with Crippen LogP contribution in [0.5, 0.6) is 0 Å². The Morgan fingerprint density at radius 2 is 2.16 bits per heavy atom. The first-order chi connectivity index (χ1) is 8.97. The number of nitrogens with one attached hydrogen (secondary N) is 1. The van der Waals surface area contributed by atoms with Crippen molar-refractivity contribution >= 4 is 39.4 Å². The summed E-state index contributed by atoms with van der Waals surface area (Å²) in [5.74, 6) is 0.430. The van der Waals surface area contributed by atoms with Crippen molar-refractivity contribution in [3.8, 4) is 0 Å². The van der Waals surface area contributed by atoms with Gasteiger partial charge in [0.25, 0.3) is 0 Å². The summed E-state index contributed by atoms with van der Waals surface area (Å²) >= 11 is 6.67. The summed E-state index contributed by atoms with van der Waals surface area (Å²) in [6.45, 7) is 6.30. The number of benzene rings is 1. The van der Waals surface area contributed by atoms with Crippen molar-refractivity contribution in [2.75, 3.05) is 5.32 Å². The summed E-state index contributed by atoms with van der Waals surface area (Å²) in [6.07, 6.45) is 0. The molecule has 0 aliphatic rings. The number of aryl methyl sites for hydroxylation is 1. The van der Waals surface area contributed by atoms with Crippen LogP contribution in [-0.2, 0) is 0 Å². The van der Waals surface area contributed by atoms with Gasteiger partial charge in [0.1, 0.15) is 4.99 Å². The fourth-order valence-corrected chi connectivity index (χ4v) is 2.76. The quantitative estimate of drug-likeness (QED) is 0.837. The lowest BCUT2D eigenvalue weighted by atomic mass is 10.1. The number of nitrogens with zero attached hydrogens (tertiary/aromatic N) is 1. The largest absolute Gasteiger partial charge is 0.389 e. The summed E-state index contributed by atoms with van der Waals surface area (Å²) < 4.78 is 0. The maximum atomic E-state index is 5.75. The van der Waals surface area contributed by atoms with Crippen LogP contribution in [0.3, 0.4) is 0 Å². The monoisotopic (exact) mass is 291 g/mol. The zero-order chi connectivity index (χ0) is 14.0. The Hall–Kier alpha value is -1.46. The highest BCUT2D eigenvalue weighted by atomic mass is 32.1. The molecule has 3 N–H and O–H groups in total. The van der Waals surface area contributed by atoms with Crippen molar-refractivity contribution in [1.29, 1.82) is 0 Å². The molecule has 0 unspecified atom stereocenters. The first kappa shape index (κ1) is 14.0. The van der Waals surface area contributed by atoms with Crippen molar-refractivity contribution in [3.63, 3.8) is 0 Å². The van der Waals surface area contributed by atoms with E-state index in [2.05, 4.69) is 29.5 Å².